The number of piperidine rings is 1. The van der Waals surface area contributed by atoms with Crippen LogP contribution >= 0.6 is 22.9 Å². The number of rotatable bonds is 7. The number of likely N-dealkylation sites (tertiary alicyclic amines) is 1. The van der Waals surface area contributed by atoms with Gasteiger partial charge in [-0.2, -0.15) is 0 Å². The van der Waals surface area contributed by atoms with Crippen LogP contribution in [-0.4, -0.2) is 42.9 Å². The number of thiophene rings is 1. The lowest BCUT2D eigenvalue weighted by atomic mass is 9.96. The summed E-state index contributed by atoms with van der Waals surface area (Å²) in [5, 5.41) is 8.20. The van der Waals surface area contributed by atoms with E-state index in [0.717, 1.165) is 37.5 Å². The normalized spacial score (nSPS) is 15.4. The van der Waals surface area contributed by atoms with Crippen molar-refractivity contribution in [2.75, 3.05) is 26.2 Å². The lowest BCUT2D eigenvalue weighted by Gasteiger charge is -2.32. The average molecular weight is 406 g/mol. The number of nitrogens with zero attached hydrogens (tertiary/aromatic N) is 1. The highest BCUT2D eigenvalue weighted by molar-refractivity contribution is 7.12. The van der Waals surface area contributed by atoms with Crippen LogP contribution in [0, 0.1) is 5.92 Å². The lowest BCUT2D eigenvalue weighted by molar-refractivity contribution is -0.120. The number of carbonyl (C=O) groups excluding carboxylic acids is 2. The second-order valence-corrected chi connectivity index (χ2v) is 8.19. The third-order valence-corrected chi connectivity index (χ3v) is 5.89. The number of benzene rings is 1. The number of nitrogens with one attached hydrogen (secondary N) is 2. The van der Waals surface area contributed by atoms with Crippen molar-refractivity contribution in [2.24, 2.45) is 5.92 Å². The molecule has 1 aromatic carbocycles. The molecule has 1 aliphatic heterocycles. The van der Waals surface area contributed by atoms with E-state index in [1.54, 1.807) is 6.07 Å². The summed E-state index contributed by atoms with van der Waals surface area (Å²) in [6.07, 6.45) is 2.13. The largest absolute Gasteiger partial charge is 0.354 e. The summed E-state index contributed by atoms with van der Waals surface area (Å²) in [4.78, 5) is 26.8. The molecule has 0 saturated carbocycles. The summed E-state index contributed by atoms with van der Waals surface area (Å²) < 4.78 is 0. The molecule has 144 valence electrons. The Bertz CT molecular complexity index is 741. The minimum Gasteiger partial charge on any atom is -0.354 e. The number of carbonyl (C=O) groups is 2. The molecule has 1 aromatic heterocycles. The molecule has 2 N–H and O–H groups in total. The van der Waals surface area contributed by atoms with E-state index < -0.39 is 0 Å². The topological polar surface area (TPSA) is 61.4 Å². The Morgan fingerprint density at radius 3 is 2.52 bits per heavy atom. The van der Waals surface area contributed by atoms with E-state index in [1.807, 2.05) is 23.6 Å². The molecule has 27 heavy (non-hydrogen) atoms. The molecule has 7 heteroatoms. The van der Waals surface area contributed by atoms with Gasteiger partial charge in [-0.25, -0.2) is 0 Å². The Balaban J connectivity index is 1.31. The fraction of sp³-hybridized carbons (Fsp3) is 0.400. The van der Waals surface area contributed by atoms with Crippen molar-refractivity contribution in [1.29, 1.82) is 0 Å². The maximum absolute atomic E-state index is 11.9. The summed E-state index contributed by atoms with van der Waals surface area (Å²) in [6.45, 7) is 3.68. The number of halogens is 1. The van der Waals surface area contributed by atoms with Crippen molar-refractivity contribution in [3.8, 4) is 0 Å². The Morgan fingerprint density at radius 1 is 1.11 bits per heavy atom. The van der Waals surface area contributed by atoms with Gasteiger partial charge < -0.3 is 10.6 Å². The highest BCUT2D eigenvalue weighted by atomic mass is 35.5. The third kappa shape index (κ3) is 6.34. The zero-order chi connectivity index (χ0) is 19.1. The Hall–Kier alpha value is -1.89. The van der Waals surface area contributed by atoms with Crippen LogP contribution in [0.15, 0.2) is 41.8 Å². The van der Waals surface area contributed by atoms with Gasteiger partial charge in [-0.1, -0.05) is 29.8 Å². The van der Waals surface area contributed by atoms with Crippen LogP contribution in [-0.2, 0) is 11.3 Å². The SMILES string of the molecule is O=C(CNC(=O)c1cccs1)NCC1CCN(Cc2ccc(Cl)cc2)CC1. The van der Waals surface area contributed by atoms with Gasteiger partial charge >= 0.3 is 0 Å². The second kappa shape index (κ2) is 9.88. The number of hydrogen-bond donors (Lipinski definition) is 2. The van der Waals surface area contributed by atoms with Crippen molar-refractivity contribution in [3.05, 3.63) is 57.2 Å². The summed E-state index contributed by atoms with van der Waals surface area (Å²) in [5.41, 5.74) is 1.27. The van der Waals surface area contributed by atoms with Gasteiger partial charge in [0, 0.05) is 18.1 Å². The van der Waals surface area contributed by atoms with Gasteiger partial charge in [0.05, 0.1) is 11.4 Å². The molecule has 2 amide bonds. The second-order valence-electron chi connectivity index (χ2n) is 6.81. The van der Waals surface area contributed by atoms with Crippen LogP contribution in [0.1, 0.15) is 28.1 Å². The molecule has 0 spiro atoms. The standard InChI is InChI=1S/C20H24ClN3O2S/c21-17-5-3-16(4-6-17)14-24-9-7-15(8-10-24)12-22-19(25)13-23-20(26)18-2-1-11-27-18/h1-6,11,15H,7-10,12-14H2,(H,22,25)(H,23,26). The number of hydrogen-bond acceptors (Lipinski definition) is 4. The van der Waals surface area contributed by atoms with E-state index in [0.29, 0.717) is 17.3 Å². The molecule has 0 atom stereocenters. The van der Waals surface area contributed by atoms with Crippen molar-refractivity contribution >= 4 is 34.8 Å². The van der Waals surface area contributed by atoms with E-state index in [1.165, 1.54) is 16.9 Å². The maximum Gasteiger partial charge on any atom is 0.261 e. The van der Waals surface area contributed by atoms with Crippen LogP contribution in [0.4, 0.5) is 0 Å². The van der Waals surface area contributed by atoms with Crippen LogP contribution < -0.4 is 10.6 Å². The van der Waals surface area contributed by atoms with Gasteiger partial charge in [0.1, 0.15) is 0 Å². The lowest BCUT2D eigenvalue weighted by Crippen LogP contribution is -2.41. The molecule has 0 radical (unpaired) electrons. The first kappa shape index (κ1) is 19.9. The van der Waals surface area contributed by atoms with Crippen LogP contribution in [0.3, 0.4) is 0 Å². The first-order valence-corrected chi connectivity index (χ1v) is 10.4. The summed E-state index contributed by atoms with van der Waals surface area (Å²) in [7, 11) is 0. The Morgan fingerprint density at radius 2 is 1.85 bits per heavy atom. The first-order valence-electron chi connectivity index (χ1n) is 9.15. The molecule has 0 unspecified atom stereocenters. The van der Waals surface area contributed by atoms with Gasteiger partial charge in [-0.15, -0.1) is 11.3 Å². The smallest absolute Gasteiger partial charge is 0.261 e. The quantitative estimate of drug-likeness (QED) is 0.743. The Labute approximate surface area is 168 Å². The molecule has 1 fully saturated rings. The molecule has 0 aliphatic carbocycles. The van der Waals surface area contributed by atoms with Crippen LogP contribution in [0.25, 0.3) is 0 Å². The highest BCUT2D eigenvalue weighted by Crippen LogP contribution is 2.19. The molecule has 0 bridgehead atoms. The highest BCUT2D eigenvalue weighted by Gasteiger charge is 2.20. The fourth-order valence-electron chi connectivity index (χ4n) is 3.17. The first-order chi connectivity index (χ1) is 13.1. The third-order valence-electron chi connectivity index (χ3n) is 4.77. The van der Waals surface area contributed by atoms with E-state index in [9.17, 15) is 9.59 Å². The van der Waals surface area contributed by atoms with Gasteiger partial charge in [-0.3, -0.25) is 14.5 Å². The molecular weight excluding hydrogens is 382 g/mol. The van der Waals surface area contributed by atoms with E-state index in [2.05, 4.69) is 27.7 Å². The maximum atomic E-state index is 11.9. The van der Waals surface area contributed by atoms with Crippen LogP contribution in [0.5, 0.6) is 0 Å². The van der Waals surface area contributed by atoms with Crippen molar-refractivity contribution in [3.63, 3.8) is 0 Å². The summed E-state index contributed by atoms with van der Waals surface area (Å²) >= 11 is 7.29. The van der Waals surface area contributed by atoms with Crippen molar-refractivity contribution < 1.29 is 9.59 Å². The molecule has 2 aromatic rings. The molecule has 1 aliphatic rings. The fourth-order valence-corrected chi connectivity index (χ4v) is 3.94. The number of amides is 2. The minimum absolute atomic E-state index is 0.0200. The minimum atomic E-state index is -0.198. The van der Waals surface area contributed by atoms with Gasteiger partial charge in [0.2, 0.25) is 5.91 Å². The van der Waals surface area contributed by atoms with Crippen molar-refractivity contribution in [1.82, 2.24) is 15.5 Å². The Kier molecular flexibility index (Phi) is 7.26. The zero-order valence-electron chi connectivity index (χ0n) is 15.1. The summed E-state index contributed by atoms with van der Waals surface area (Å²) in [6, 6.07) is 11.6. The predicted molar refractivity (Wildman–Crippen MR) is 109 cm³/mol. The van der Waals surface area contributed by atoms with Crippen molar-refractivity contribution in [2.45, 2.75) is 19.4 Å². The molecule has 1 saturated heterocycles. The van der Waals surface area contributed by atoms with Gasteiger partial charge in [0.25, 0.3) is 5.91 Å². The van der Waals surface area contributed by atoms with E-state index >= 15 is 0 Å². The van der Waals surface area contributed by atoms with Crippen LogP contribution in [0.2, 0.25) is 5.02 Å². The summed E-state index contributed by atoms with van der Waals surface area (Å²) in [5.74, 6) is 0.155. The molecule has 5 nitrogen and oxygen atoms in total. The molecular formula is C20H24ClN3O2S. The average Bonchev–Trinajstić information content (AvgIpc) is 3.22. The molecule has 2 heterocycles. The molecule has 3 rings (SSSR count). The van der Waals surface area contributed by atoms with E-state index in [4.69, 9.17) is 11.6 Å². The van der Waals surface area contributed by atoms with Gasteiger partial charge in [-0.05, 0) is 61.0 Å². The van der Waals surface area contributed by atoms with Gasteiger partial charge in [0.15, 0.2) is 0 Å². The van der Waals surface area contributed by atoms with E-state index in [-0.39, 0.29) is 18.4 Å². The predicted octanol–water partition coefficient (Wildman–Crippen LogP) is 3.16. The zero-order valence-corrected chi connectivity index (χ0v) is 16.7. The monoisotopic (exact) mass is 405 g/mol.